The summed E-state index contributed by atoms with van der Waals surface area (Å²) in [5.41, 5.74) is -0.530. The molecule has 102 valence electrons. The van der Waals surface area contributed by atoms with Gasteiger partial charge in [0.25, 0.3) is 0 Å². The fourth-order valence-electron chi connectivity index (χ4n) is 1.90. The molecule has 0 aromatic heterocycles. The van der Waals surface area contributed by atoms with E-state index in [0.29, 0.717) is 18.7 Å². The first kappa shape index (κ1) is 14.0. The summed E-state index contributed by atoms with van der Waals surface area (Å²) in [7, 11) is 0. The number of benzene rings is 1. The average molecular weight is 289 g/mol. The zero-order valence-corrected chi connectivity index (χ0v) is 10.8. The number of nitriles is 1. The normalized spacial score (nSPS) is 16.8. The second-order valence-electron chi connectivity index (χ2n) is 4.88. The zero-order valence-electron chi connectivity index (χ0n) is 10.0. The van der Waals surface area contributed by atoms with Crippen molar-refractivity contribution >= 4 is 17.3 Å². The first-order valence-corrected chi connectivity index (χ1v) is 6.22. The third-order valence-electron chi connectivity index (χ3n) is 3.35. The molecule has 0 bridgehead atoms. The van der Waals surface area contributed by atoms with Crippen LogP contribution in [0.1, 0.15) is 24.8 Å². The molecule has 19 heavy (non-hydrogen) atoms. The van der Waals surface area contributed by atoms with Crippen molar-refractivity contribution in [1.29, 1.82) is 5.26 Å². The molecule has 0 amide bonds. The summed E-state index contributed by atoms with van der Waals surface area (Å²) in [6.07, 6.45) is -2.15. The second kappa shape index (κ2) is 4.93. The Labute approximate surface area is 114 Å². The van der Waals surface area contributed by atoms with Crippen LogP contribution in [0.5, 0.6) is 0 Å². The molecule has 0 unspecified atom stereocenters. The van der Waals surface area contributed by atoms with Gasteiger partial charge in [0.2, 0.25) is 0 Å². The van der Waals surface area contributed by atoms with Crippen molar-refractivity contribution in [3.05, 3.63) is 28.8 Å². The van der Waals surface area contributed by atoms with Crippen LogP contribution in [0.3, 0.4) is 0 Å². The Morgan fingerprint density at radius 2 is 2.05 bits per heavy atom. The molecule has 0 spiro atoms. The number of anilines is 1. The topological polar surface area (TPSA) is 35.8 Å². The zero-order chi connectivity index (χ0) is 14.1. The van der Waals surface area contributed by atoms with E-state index >= 15 is 0 Å². The summed E-state index contributed by atoms with van der Waals surface area (Å²) in [6.45, 7) is 0.513. The highest BCUT2D eigenvalue weighted by atomic mass is 35.5. The molecule has 6 heteroatoms. The molecule has 1 aliphatic rings. The van der Waals surface area contributed by atoms with Crippen molar-refractivity contribution < 1.29 is 13.2 Å². The van der Waals surface area contributed by atoms with E-state index in [1.54, 1.807) is 0 Å². The van der Waals surface area contributed by atoms with Gasteiger partial charge in [-0.2, -0.15) is 18.4 Å². The van der Waals surface area contributed by atoms with Crippen molar-refractivity contribution in [2.24, 2.45) is 5.41 Å². The molecule has 0 atom stereocenters. The quantitative estimate of drug-likeness (QED) is 0.887. The molecule has 0 saturated heterocycles. The van der Waals surface area contributed by atoms with Crippen LogP contribution in [0.15, 0.2) is 18.2 Å². The van der Waals surface area contributed by atoms with Crippen LogP contribution in [0, 0.1) is 16.7 Å². The minimum atomic E-state index is -4.46. The molecule has 2 rings (SSSR count). The number of halogens is 4. The van der Waals surface area contributed by atoms with E-state index in [4.69, 9.17) is 16.9 Å². The maximum atomic E-state index is 12.7. The number of nitrogens with one attached hydrogen (secondary N) is 1. The molecule has 1 aromatic rings. The Bertz CT molecular complexity index is 516. The largest absolute Gasteiger partial charge is 0.417 e. The molecular weight excluding hydrogens is 277 g/mol. The molecule has 2 nitrogen and oxygen atoms in total. The molecule has 1 aliphatic carbocycles. The standard InChI is InChI=1S/C13H12ClF3N2/c14-11-2-1-9(7-10(11)13(15,16)17)19-8-12(3-4-12)5-6-18/h1-2,7,19H,3-5,8H2. The van der Waals surface area contributed by atoms with E-state index in [-0.39, 0.29) is 10.4 Å². The molecule has 1 N–H and O–H groups in total. The minimum Gasteiger partial charge on any atom is -0.384 e. The van der Waals surface area contributed by atoms with Gasteiger partial charge in [-0.05, 0) is 31.0 Å². The van der Waals surface area contributed by atoms with Gasteiger partial charge in [0.05, 0.1) is 16.7 Å². The third-order valence-corrected chi connectivity index (χ3v) is 3.68. The number of nitrogens with zero attached hydrogens (tertiary/aromatic N) is 1. The van der Waals surface area contributed by atoms with Gasteiger partial charge in [0, 0.05) is 24.1 Å². The molecular formula is C13H12ClF3N2. The van der Waals surface area contributed by atoms with Crippen LogP contribution >= 0.6 is 11.6 Å². The summed E-state index contributed by atoms with van der Waals surface area (Å²) < 4.78 is 38.0. The van der Waals surface area contributed by atoms with Crippen molar-refractivity contribution in [3.63, 3.8) is 0 Å². The summed E-state index contributed by atoms with van der Waals surface area (Å²) in [6, 6.07) is 5.86. The maximum Gasteiger partial charge on any atom is 0.417 e. The van der Waals surface area contributed by atoms with Gasteiger partial charge in [-0.15, -0.1) is 0 Å². The van der Waals surface area contributed by atoms with Gasteiger partial charge in [-0.3, -0.25) is 0 Å². The first-order chi connectivity index (χ1) is 8.86. The van der Waals surface area contributed by atoms with Crippen LogP contribution in [0.25, 0.3) is 0 Å². The number of rotatable bonds is 4. The van der Waals surface area contributed by atoms with Crippen LogP contribution in [0.4, 0.5) is 18.9 Å². The Morgan fingerprint density at radius 1 is 1.37 bits per heavy atom. The lowest BCUT2D eigenvalue weighted by Gasteiger charge is -2.15. The van der Waals surface area contributed by atoms with Crippen LogP contribution in [0.2, 0.25) is 5.02 Å². The molecule has 1 saturated carbocycles. The summed E-state index contributed by atoms with van der Waals surface area (Å²) in [4.78, 5) is 0. The SMILES string of the molecule is N#CCC1(CNc2ccc(Cl)c(C(F)(F)F)c2)CC1. The summed E-state index contributed by atoms with van der Waals surface area (Å²) >= 11 is 5.54. The highest BCUT2D eigenvalue weighted by Crippen LogP contribution is 2.48. The second-order valence-corrected chi connectivity index (χ2v) is 5.29. The van der Waals surface area contributed by atoms with Gasteiger partial charge in [-0.25, -0.2) is 0 Å². The molecule has 0 aliphatic heterocycles. The Kier molecular flexibility index (Phi) is 3.64. The number of alkyl halides is 3. The van der Waals surface area contributed by atoms with Crippen LogP contribution in [-0.2, 0) is 6.18 Å². The van der Waals surface area contributed by atoms with Crippen molar-refractivity contribution in [3.8, 4) is 6.07 Å². The van der Waals surface area contributed by atoms with Gasteiger partial charge < -0.3 is 5.32 Å². The lowest BCUT2D eigenvalue weighted by molar-refractivity contribution is -0.137. The van der Waals surface area contributed by atoms with Gasteiger partial charge in [-0.1, -0.05) is 11.6 Å². The Morgan fingerprint density at radius 3 is 2.58 bits per heavy atom. The van der Waals surface area contributed by atoms with E-state index in [2.05, 4.69) is 11.4 Å². The maximum absolute atomic E-state index is 12.7. The van der Waals surface area contributed by atoms with E-state index in [0.717, 1.165) is 18.9 Å². The van der Waals surface area contributed by atoms with Crippen molar-refractivity contribution in [2.45, 2.75) is 25.4 Å². The Balaban J connectivity index is 2.08. The van der Waals surface area contributed by atoms with E-state index in [9.17, 15) is 13.2 Å². The van der Waals surface area contributed by atoms with Gasteiger partial charge in [0.15, 0.2) is 0 Å². The van der Waals surface area contributed by atoms with Crippen LogP contribution in [-0.4, -0.2) is 6.54 Å². The smallest absolute Gasteiger partial charge is 0.384 e. The molecule has 0 radical (unpaired) electrons. The molecule has 1 fully saturated rings. The van der Waals surface area contributed by atoms with E-state index in [1.165, 1.54) is 12.1 Å². The van der Waals surface area contributed by atoms with Gasteiger partial charge in [0.1, 0.15) is 0 Å². The Hall–Kier alpha value is -1.41. The highest BCUT2D eigenvalue weighted by Gasteiger charge is 2.42. The third kappa shape index (κ3) is 3.32. The number of hydrogen-bond donors (Lipinski definition) is 1. The van der Waals surface area contributed by atoms with Crippen molar-refractivity contribution in [2.75, 3.05) is 11.9 Å². The molecule has 0 heterocycles. The van der Waals surface area contributed by atoms with E-state index in [1.807, 2.05) is 0 Å². The number of hydrogen-bond acceptors (Lipinski definition) is 2. The van der Waals surface area contributed by atoms with Crippen molar-refractivity contribution in [1.82, 2.24) is 0 Å². The summed E-state index contributed by atoms with van der Waals surface area (Å²) in [5.74, 6) is 0. The lowest BCUT2D eigenvalue weighted by Crippen LogP contribution is -2.15. The van der Waals surface area contributed by atoms with E-state index < -0.39 is 11.7 Å². The average Bonchev–Trinajstić information content (AvgIpc) is 3.07. The predicted octanol–water partition coefficient (Wildman–Crippen LogP) is 4.46. The fourth-order valence-corrected chi connectivity index (χ4v) is 2.13. The minimum absolute atomic E-state index is 0.0627. The fraction of sp³-hybridized carbons (Fsp3) is 0.462. The lowest BCUT2D eigenvalue weighted by atomic mass is 10.0. The predicted molar refractivity (Wildman–Crippen MR) is 66.8 cm³/mol. The molecule has 1 aromatic carbocycles. The first-order valence-electron chi connectivity index (χ1n) is 5.84. The monoisotopic (exact) mass is 288 g/mol. The van der Waals surface area contributed by atoms with Gasteiger partial charge >= 0.3 is 6.18 Å². The summed E-state index contributed by atoms with van der Waals surface area (Å²) in [5, 5.41) is 11.3. The van der Waals surface area contributed by atoms with Crippen LogP contribution < -0.4 is 5.32 Å². The highest BCUT2D eigenvalue weighted by molar-refractivity contribution is 6.31.